The van der Waals surface area contributed by atoms with E-state index in [1.807, 2.05) is 0 Å². The Bertz CT molecular complexity index is 201. The topological polar surface area (TPSA) is 69.1 Å². The molecule has 0 fully saturated rings. The molecule has 4 N–H and O–H groups in total. The summed E-state index contributed by atoms with van der Waals surface area (Å²) in [6, 6.07) is 0. The van der Waals surface area contributed by atoms with Crippen molar-refractivity contribution in [3.05, 3.63) is 0 Å². The Morgan fingerprint density at radius 3 is 2.07 bits per heavy atom. The van der Waals surface area contributed by atoms with Gasteiger partial charge in [-0.15, -0.1) is 0 Å². The van der Waals surface area contributed by atoms with Gasteiger partial charge in [0.05, 0.1) is 0 Å². The molecule has 1 atom stereocenters. The lowest BCUT2D eigenvalue weighted by Gasteiger charge is -2.35. The average molecular weight is 200 g/mol. The zero-order valence-electron chi connectivity index (χ0n) is 9.89. The van der Waals surface area contributed by atoms with Crippen LogP contribution >= 0.6 is 0 Å². The second-order valence-electron chi connectivity index (χ2n) is 5.35. The Kier molecular flexibility index (Phi) is 4.59. The molecule has 0 aromatic heterocycles. The third-order valence-electron chi connectivity index (χ3n) is 2.91. The minimum absolute atomic E-state index is 0.00525. The Morgan fingerprint density at radius 2 is 1.79 bits per heavy atom. The molecule has 0 aromatic rings. The third kappa shape index (κ3) is 4.61. The molecule has 0 heterocycles. The molecule has 0 rings (SSSR count). The number of carbonyl (C=O) groups excluding carboxylic acids is 1. The number of carbonyl (C=O) groups is 1. The smallest absolute Gasteiger partial charge is 0.217 e. The van der Waals surface area contributed by atoms with Crippen LogP contribution < -0.4 is 11.5 Å². The Morgan fingerprint density at radius 1 is 1.29 bits per heavy atom. The molecule has 0 spiro atoms. The molecule has 14 heavy (non-hydrogen) atoms. The van der Waals surface area contributed by atoms with Gasteiger partial charge in [0, 0.05) is 6.42 Å². The van der Waals surface area contributed by atoms with Crippen LogP contribution in [0.5, 0.6) is 0 Å². The van der Waals surface area contributed by atoms with Crippen molar-refractivity contribution in [3.8, 4) is 0 Å². The first kappa shape index (κ1) is 13.4. The van der Waals surface area contributed by atoms with Gasteiger partial charge in [0.25, 0.3) is 0 Å². The highest BCUT2D eigenvalue weighted by atomic mass is 16.1. The highest BCUT2D eigenvalue weighted by Gasteiger charge is 2.31. The quantitative estimate of drug-likeness (QED) is 0.684. The van der Waals surface area contributed by atoms with Gasteiger partial charge in [0.2, 0.25) is 5.91 Å². The summed E-state index contributed by atoms with van der Waals surface area (Å²) >= 11 is 0. The summed E-state index contributed by atoms with van der Waals surface area (Å²) in [6.07, 6.45) is 2.35. The van der Waals surface area contributed by atoms with Crippen molar-refractivity contribution in [2.45, 2.75) is 47.0 Å². The number of nitrogens with two attached hydrogens (primary N) is 2. The van der Waals surface area contributed by atoms with Crippen LogP contribution in [-0.2, 0) is 4.79 Å². The van der Waals surface area contributed by atoms with Crippen molar-refractivity contribution in [3.63, 3.8) is 0 Å². The number of rotatable bonds is 6. The van der Waals surface area contributed by atoms with Gasteiger partial charge in [-0.3, -0.25) is 4.79 Å². The maximum absolute atomic E-state index is 10.9. The molecule has 0 bridgehead atoms. The van der Waals surface area contributed by atoms with Gasteiger partial charge in [0.1, 0.15) is 0 Å². The predicted molar refractivity (Wildman–Crippen MR) is 59.7 cm³/mol. The van der Waals surface area contributed by atoms with E-state index in [1.165, 1.54) is 0 Å². The van der Waals surface area contributed by atoms with Gasteiger partial charge in [-0.2, -0.15) is 0 Å². The molecule has 84 valence electrons. The first-order valence-corrected chi connectivity index (χ1v) is 5.23. The molecule has 1 unspecified atom stereocenters. The maximum atomic E-state index is 10.9. The highest BCUT2D eigenvalue weighted by molar-refractivity contribution is 5.74. The second kappa shape index (κ2) is 4.78. The van der Waals surface area contributed by atoms with Crippen LogP contribution in [0.1, 0.15) is 47.0 Å². The molecule has 0 aliphatic heterocycles. The molecule has 0 saturated carbocycles. The van der Waals surface area contributed by atoms with Gasteiger partial charge in [-0.05, 0) is 23.8 Å². The monoisotopic (exact) mass is 200 g/mol. The second-order valence-corrected chi connectivity index (χ2v) is 5.35. The van der Waals surface area contributed by atoms with Crippen LogP contribution in [0.3, 0.4) is 0 Å². The van der Waals surface area contributed by atoms with Gasteiger partial charge in [0.15, 0.2) is 0 Å². The van der Waals surface area contributed by atoms with E-state index in [1.54, 1.807) is 0 Å². The van der Waals surface area contributed by atoms with Crippen molar-refractivity contribution >= 4 is 5.91 Å². The van der Waals surface area contributed by atoms with Crippen LogP contribution in [-0.4, -0.2) is 12.5 Å². The van der Waals surface area contributed by atoms with Crippen LogP contribution in [0.15, 0.2) is 0 Å². The molecule has 0 aliphatic carbocycles. The number of primary amides is 1. The molecule has 3 heteroatoms. The maximum Gasteiger partial charge on any atom is 0.217 e. The summed E-state index contributed by atoms with van der Waals surface area (Å²) in [4.78, 5) is 10.9. The molecule has 0 radical (unpaired) electrons. The third-order valence-corrected chi connectivity index (χ3v) is 2.91. The minimum atomic E-state index is -0.220. The summed E-state index contributed by atoms with van der Waals surface area (Å²) in [5.41, 5.74) is 11.0. The van der Waals surface area contributed by atoms with Gasteiger partial charge < -0.3 is 11.5 Å². The molecule has 0 aromatic carbocycles. The zero-order valence-corrected chi connectivity index (χ0v) is 9.89. The van der Waals surface area contributed by atoms with Crippen LogP contribution in [0.4, 0.5) is 0 Å². The number of hydrogen-bond donors (Lipinski definition) is 2. The van der Waals surface area contributed by atoms with Crippen molar-refractivity contribution in [2.24, 2.45) is 22.3 Å². The fraction of sp³-hybridized carbons (Fsp3) is 0.909. The average Bonchev–Trinajstić information content (AvgIpc) is 2.02. The summed E-state index contributed by atoms with van der Waals surface area (Å²) in [7, 11) is 0. The Balaban J connectivity index is 4.46. The lowest BCUT2D eigenvalue weighted by Crippen LogP contribution is -2.34. The first-order chi connectivity index (χ1) is 6.24. The Hall–Kier alpha value is -0.570. The van der Waals surface area contributed by atoms with Crippen LogP contribution in [0, 0.1) is 10.8 Å². The van der Waals surface area contributed by atoms with E-state index in [9.17, 15) is 4.79 Å². The normalized spacial score (nSPS) is 16.4. The molecular formula is C11H24N2O. The van der Waals surface area contributed by atoms with E-state index in [-0.39, 0.29) is 16.7 Å². The number of hydrogen-bond acceptors (Lipinski definition) is 2. The molecule has 3 nitrogen and oxygen atoms in total. The lowest BCUT2D eigenvalue weighted by molar-refractivity contribution is -0.120. The summed E-state index contributed by atoms with van der Waals surface area (Å²) in [5.74, 6) is -0.220. The molecule has 0 aliphatic rings. The van der Waals surface area contributed by atoms with Gasteiger partial charge >= 0.3 is 0 Å². The van der Waals surface area contributed by atoms with Crippen molar-refractivity contribution in [1.29, 1.82) is 0 Å². The summed E-state index contributed by atoms with van der Waals surface area (Å²) < 4.78 is 0. The van der Waals surface area contributed by atoms with Gasteiger partial charge in [-0.1, -0.05) is 34.1 Å². The van der Waals surface area contributed by atoms with E-state index in [4.69, 9.17) is 11.5 Å². The van der Waals surface area contributed by atoms with E-state index >= 15 is 0 Å². The lowest BCUT2D eigenvalue weighted by atomic mass is 9.70. The van der Waals surface area contributed by atoms with Crippen LogP contribution in [0.2, 0.25) is 0 Å². The fourth-order valence-corrected chi connectivity index (χ4v) is 1.96. The van der Waals surface area contributed by atoms with E-state index < -0.39 is 0 Å². The number of amides is 1. The highest BCUT2D eigenvalue weighted by Crippen LogP contribution is 2.38. The summed E-state index contributed by atoms with van der Waals surface area (Å²) in [6.45, 7) is 9.09. The fourth-order valence-electron chi connectivity index (χ4n) is 1.96. The summed E-state index contributed by atoms with van der Waals surface area (Å²) in [5, 5.41) is 0. The standard InChI is InChI=1S/C11H24N2O/c1-5-11(4,6-9(13)14)7-10(2,3)8-12/h5-8,12H2,1-4H3,(H2,13,14). The van der Waals surface area contributed by atoms with E-state index in [0.29, 0.717) is 13.0 Å². The van der Waals surface area contributed by atoms with Gasteiger partial charge in [-0.25, -0.2) is 0 Å². The molecular weight excluding hydrogens is 176 g/mol. The molecule has 0 saturated heterocycles. The molecule has 1 amide bonds. The van der Waals surface area contributed by atoms with Crippen LogP contribution in [0.25, 0.3) is 0 Å². The first-order valence-electron chi connectivity index (χ1n) is 5.23. The SMILES string of the molecule is CCC(C)(CC(N)=O)CC(C)(C)CN. The van der Waals surface area contributed by atoms with E-state index in [0.717, 1.165) is 12.8 Å². The minimum Gasteiger partial charge on any atom is -0.370 e. The predicted octanol–water partition coefficient (Wildman–Crippen LogP) is 1.65. The van der Waals surface area contributed by atoms with Crippen molar-refractivity contribution in [1.82, 2.24) is 0 Å². The van der Waals surface area contributed by atoms with Crippen molar-refractivity contribution < 1.29 is 4.79 Å². The largest absolute Gasteiger partial charge is 0.370 e. The van der Waals surface area contributed by atoms with Crippen molar-refractivity contribution in [2.75, 3.05) is 6.54 Å². The zero-order chi connectivity index (χ0) is 11.4. The Labute approximate surface area is 87.2 Å². The van der Waals surface area contributed by atoms with E-state index in [2.05, 4.69) is 27.7 Å².